The highest BCUT2D eigenvalue weighted by Crippen LogP contribution is 2.34. The molecule has 1 aliphatic carbocycles. The molecule has 2 amide bonds. The van der Waals surface area contributed by atoms with Gasteiger partial charge >= 0.3 is 0 Å². The van der Waals surface area contributed by atoms with E-state index in [-0.39, 0.29) is 29.4 Å². The number of nitrogens with one attached hydrogen (secondary N) is 1. The van der Waals surface area contributed by atoms with Gasteiger partial charge in [-0.05, 0) is 44.0 Å². The number of ketones is 1. The lowest BCUT2D eigenvalue weighted by atomic mass is 9.85. The van der Waals surface area contributed by atoms with Crippen LogP contribution in [0.15, 0.2) is 36.4 Å². The van der Waals surface area contributed by atoms with Crippen molar-refractivity contribution >= 4 is 23.3 Å². The highest BCUT2D eigenvalue weighted by Gasteiger charge is 2.48. The van der Waals surface area contributed by atoms with E-state index in [1.165, 1.54) is 9.80 Å². The average Bonchev–Trinajstić information content (AvgIpc) is 2.94. The number of rotatable bonds is 4. The van der Waals surface area contributed by atoms with Gasteiger partial charge in [0.15, 0.2) is 12.5 Å². The molecule has 0 unspecified atom stereocenters. The third-order valence-electron chi connectivity index (χ3n) is 6.09. The predicted molar refractivity (Wildman–Crippen MR) is 101 cm³/mol. The van der Waals surface area contributed by atoms with E-state index in [1.807, 2.05) is 36.4 Å². The smallest absolute Gasteiger partial charge is 0.237 e. The Balaban J connectivity index is 1.34. The van der Waals surface area contributed by atoms with Crippen molar-refractivity contribution in [2.45, 2.75) is 19.8 Å². The van der Waals surface area contributed by atoms with E-state index in [1.54, 1.807) is 6.92 Å². The van der Waals surface area contributed by atoms with Crippen LogP contribution in [0.5, 0.6) is 0 Å². The molecule has 0 spiro atoms. The molecule has 142 valence electrons. The van der Waals surface area contributed by atoms with Crippen molar-refractivity contribution < 1.29 is 19.3 Å². The number of likely N-dealkylation sites (tertiary alicyclic amines) is 1. The van der Waals surface area contributed by atoms with Crippen molar-refractivity contribution in [1.29, 1.82) is 0 Å². The monoisotopic (exact) mass is 368 g/mol. The number of carbonyl (C=O) groups excluding carboxylic acids is 3. The van der Waals surface area contributed by atoms with E-state index in [9.17, 15) is 14.4 Å². The molecule has 2 fully saturated rings. The van der Waals surface area contributed by atoms with Gasteiger partial charge in [-0.2, -0.15) is 0 Å². The number of hydrogen-bond donors (Lipinski definition) is 1. The van der Waals surface area contributed by atoms with Crippen LogP contribution in [0, 0.1) is 11.8 Å². The average molecular weight is 368 g/mol. The van der Waals surface area contributed by atoms with E-state index in [0.717, 1.165) is 37.4 Å². The van der Waals surface area contributed by atoms with Crippen molar-refractivity contribution in [3.05, 3.63) is 42.0 Å². The molecule has 27 heavy (non-hydrogen) atoms. The van der Waals surface area contributed by atoms with Gasteiger partial charge in [-0.1, -0.05) is 12.2 Å². The third kappa shape index (κ3) is 3.41. The fourth-order valence-electron chi connectivity index (χ4n) is 4.39. The standard InChI is InChI=1S/C21H25N3O3/c1-15(25)16-6-8-17(9-7-16)23-12-10-22(11-13-23)14-24-20(26)18-4-2-3-5-19(18)21(24)27/h2-3,6-9,18-19H,4-5,10-14H2,1H3/p+1/t18-,19+. The molecule has 3 aliphatic rings. The lowest BCUT2D eigenvalue weighted by Crippen LogP contribution is -3.16. The summed E-state index contributed by atoms with van der Waals surface area (Å²) in [7, 11) is 0. The van der Waals surface area contributed by atoms with Gasteiger partial charge < -0.3 is 9.80 Å². The number of Topliss-reactive ketones (excluding diaryl/α,β-unsaturated/α-hetero) is 1. The quantitative estimate of drug-likeness (QED) is 0.478. The normalized spacial score (nSPS) is 25.8. The van der Waals surface area contributed by atoms with Gasteiger partial charge in [-0.3, -0.25) is 14.4 Å². The number of benzene rings is 1. The lowest BCUT2D eigenvalue weighted by molar-refractivity contribution is -0.908. The molecule has 6 nitrogen and oxygen atoms in total. The van der Waals surface area contributed by atoms with Crippen LogP contribution in [0.2, 0.25) is 0 Å². The highest BCUT2D eigenvalue weighted by molar-refractivity contribution is 6.05. The first-order valence-corrected chi connectivity index (χ1v) is 9.74. The Morgan fingerprint density at radius 1 is 1.00 bits per heavy atom. The van der Waals surface area contributed by atoms with Crippen LogP contribution in [0.1, 0.15) is 30.1 Å². The fraction of sp³-hybridized carbons (Fsp3) is 0.476. The van der Waals surface area contributed by atoms with Crippen molar-refractivity contribution in [3.63, 3.8) is 0 Å². The largest absolute Gasteiger partial charge is 0.360 e. The van der Waals surface area contributed by atoms with Crippen LogP contribution in [0.25, 0.3) is 0 Å². The second-order valence-electron chi connectivity index (χ2n) is 7.76. The first-order valence-electron chi connectivity index (χ1n) is 9.74. The minimum absolute atomic E-state index is 0.0177. The molecule has 6 heteroatoms. The molecule has 2 saturated heterocycles. The number of amides is 2. The maximum atomic E-state index is 12.6. The molecule has 1 N–H and O–H groups in total. The van der Waals surface area contributed by atoms with Crippen molar-refractivity contribution in [2.24, 2.45) is 11.8 Å². The van der Waals surface area contributed by atoms with Crippen molar-refractivity contribution in [1.82, 2.24) is 4.90 Å². The number of piperazine rings is 1. The number of anilines is 1. The maximum absolute atomic E-state index is 12.6. The molecule has 0 saturated carbocycles. The molecule has 4 rings (SSSR count). The second-order valence-corrected chi connectivity index (χ2v) is 7.76. The maximum Gasteiger partial charge on any atom is 0.237 e. The summed E-state index contributed by atoms with van der Waals surface area (Å²) < 4.78 is 0. The van der Waals surface area contributed by atoms with Crippen molar-refractivity contribution in [2.75, 3.05) is 37.7 Å². The van der Waals surface area contributed by atoms with Gasteiger partial charge in [0, 0.05) is 11.3 Å². The van der Waals surface area contributed by atoms with Gasteiger partial charge in [0.1, 0.15) is 0 Å². The SMILES string of the molecule is CC(=O)c1ccc(N2CC[NH+](CN3C(=O)[C@H]4CC=CC[C@H]4C3=O)CC2)cc1. The van der Waals surface area contributed by atoms with Gasteiger partial charge in [0.2, 0.25) is 11.8 Å². The summed E-state index contributed by atoms with van der Waals surface area (Å²) in [4.78, 5) is 41.7. The van der Waals surface area contributed by atoms with Crippen LogP contribution < -0.4 is 9.80 Å². The third-order valence-corrected chi connectivity index (χ3v) is 6.09. The number of fused-ring (bicyclic) bond motifs is 1. The number of hydrogen-bond acceptors (Lipinski definition) is 4. The summed E-state index contributed by atoms with van der Waals surface area (Å²) in [6, 6.07) is 7.72. The van der Waals surface area contributed by atoms with E-state index in [2.05, 4.69) is 4.90 Å². The minimum Gasteiger partial charge on any atom is -0.360 e. The molecular weight excluding hydrogens is 342 g/mol. The molecular formula is C21H26N3O3+. The summed E-state index contributed by atoms with van der Waals surface area (Å²) in [5.41, 5.74) is 1.84. The van der Waals surface area contributed by atoms with Crippen LogP contribution in [0.4, 0.5) is 5.69 Å². The van der Waals surface area contributed by atoms with Gasteiger partial charge in [0.05, 0.1) is 38.0 Å². The fourth-order valence-corrected chi connectivity index (χ4v) is 4.39. The van der Waals surface area contributed by atoms with Crippen LogP contribution in [-0.2, 0) is 9.59 Å². The first-order chi connectivity index (χ1) is 13.0. The zero-order valence-corrected chi connectivity index (χ0v) is 15.7. The Morgan fingerprint density at radius 3 is 2.07 bits per heavy atom. The zero-order chi connectivity index (χ0) is 19.0. The van der Waals surface area contributed by atoms with Crippen molar-refractivity contribution in [3.8, 4) is 0 Å². The van der Waals surface area contributed by atoms with E-state index in [0.29, 0.717) is 19.5 Å². The molecule has 0 aromatic heterocycles. The van der Waals surface area contributed by atoms with Gasteiger partial charge in [0.25, 0.3) is 0 Å². The molecule has 1 aromatic carbocycles. The lowest BCUT2D eigenvalue weighted by Gasteiger charge is -2.35. The van der Waals surface area contributed by atoms with E-state index < -0.39 is 0 Å². The molecule has 1 aromatic rings. The van der Waals surface area contributed by atoms with Crippen LogP contribution in [-0.4, -0.2) is 55.3 Å². The van der Waals surface area contributed by atoms with E-state index >= 15 is 0 Å². The topological polar surface area (TPSA) is 62.1 Å². The summed E-state index contributed by atoms with van der Waals surface area (Å²) in [5.74, 6) is -0.161. The van der Waals surface area contributed by atoms with Gasteiger partial charge in [-0.25, -0.2) is 4.90 Å². The highest BCUT2D eigenvalue weighted by atomic mass is 16.2. The number of quaternary nitrogens is 1. The second kappa shape index (κ2) is 7.27. The molecule has 2 atom stereocenters. The van der Waals surface area contributed by atoms with E-state index in [4.69, 9.17) is 0 Å². The Kier molecular flexibility index (Phi) is 4.83. The first kappa shape index (κ1) is 17.9. The Morgan fingerprint density at radius 2 is 1.56 bits per heavy atom. The Bertz CT molecular complexity index is 752. The number of allylic oxidation sites excluding steroid dienone is 2. The predicted octanol–water partition coefficient (Wildman–Crippen LogP) is 0.503. The summed E-state index contributed by atoms with van der Waals surface area (Å²) in [6.07, 6.45) is 5.45. The molecule has 2 heterocycles. The Hall–Kier alpha value is -2.47. The van der Waals surface area contributed by atoms with Crippen LogP contribution >= 0.6 is 0 Å². The minimum atomic E-state index is -0.136. The van der Waals surface area contributed by atoms with Crippen LogP contribution in [0.3, 0.4) is 0 Å². The summed E-state index contributed by atoms with van der Waals surface area (Å²) >= 11 is 0. The molecule has 0 bridgehead atoms. The zero-order valence-electron chi connectivity index (χ0n) is 15.7. The molecule has 2 aliphatic heterocycles. The number of nitrogens with zero attached hydrogens (tertiary/aromatic N) is 2. The summed E-state index contributed by atoms with van der Waals surface area (Å²) in [5, 5.41) is 0. The summed E-state index contributed by atoms with van der Waals surface area (Å²) in [6.45, 7) is 5.59. The van der Waals surface area contributed by atoms with Gasteiger partial charge in [-0.15, -0.1) is 0 Å². The Labute approximate surface area is 159 Å². The number of carbonyl (C=O) groups is 3. The molecule has 0 radical (unpaired) electrons. The number of imide groups is 1.